The fourth-order valence-electron chi connectivity index (χ4n) is 3.09. The molecule has 172 valence electrons. The van der Waals surface area contributed by atoms with Crippen molar-refractivity contribution in [2.45, 2.75) is 32.0 Å². The van der Waals surface area contributed by atoms with Crippen LogP contribution in [0.25, 0.3) is 11.3 Å². The van der Waals surface area contributed by atoms with Crippen LogP contribution in [0.5, 0.6) is 5.75 Å². The quantitative estimate of drug-likeness (QED) is 0.522. The third-order valence-corrected chi connectivity index (χ3v) is 4.88. The predicted octanol–water partition coefficient (Wildman–Crippen LogP) is 4.78. The monoisotopic (exact) mass is 466 g/mol. The molecular formula is C22H25F3N4O2S. The Morgan fingerprint density at radius 2 is 1.84 bits per heavy atom. The van der Waals surface area contributed by atoms with Crippen LogP contribution in [0.2, 0.25) is 0 Å². The van der Waals surface area contributed by atoms with Crippen LogP contribution in [0, 0.1) is 6.92 Å². The van der Waals surface area contributed by atoms with E-state index < -0.39 is 12.3 Å². The molecule has 3 aromatic rings. The van der Waals surface area contributed by atoms with Crippen LogP contribution in [0.3, 0.4) is 0 Å². The summed E-state index contributed by atoms with van der Waals surface area (Å²) in [7, 11) is 1.38. The molecule has 1 aromatic carbocycles. The normalized spacial score (nSPS) is 13.1. The van der Waals surface area contributed by atoms with Gasteiger partial charge in [-0.2, -0.15) is 26.7 Å². The molecule has 6 nitrogen and oxygen atoms in total. The van der Waals surface area contributed by atoms with Gasteiger partial charge in [-0.15, -0.1) is 0 Å². The standard InChI is InChI=1S/C22H23F3N4O2.H2S/c1-13(17-7-6-15(8-19(17)31-3)21(30)22(23,24)25)10-27-20-9-18(28-12-29-20)16-5-4-14(2)26-11-16;/h4-9,11-13,21,30H,10H2,1-3H3,(H,27,28,29);1H2/t13-,21?;/m1./s1. The molecule has 10 heteroatoms. The van der Waals surface area contributed by atoms with Gasteiger partial charge in [-0.1, -0.05) is 19.1 Å². The number of anilines is 1. The lowest BCUT2D eigenvalue weighted by Crippen LogP contribution is -2.20. The van der Waals surface area contributed by atoms with Crippen LogP contribution in [0.4, 0.5) is 19.0 Å². The summed E-state index contributed by atoms with van der Waals surface area (Å²) >= 11 is 0. The van der Waals surface area contributed by atoms with Gasteiger partial charge in [0.25, 0.3) is 0 Å². The molecule has 0 saturated carbocycles. The lowest BCUT2D eigenvalue weighted by Gasteiger charge is -2.20. The maximum Gasteiger partial charge on any atom is 0.418 e. The number of nitrogens with one attached hydrogen (secondary N) is 1. The van der Waals surface area contributed by atoms with Gasteiger partial charge >= 0.3 is 6.18 Å². The summed E-state index contributed by atoms with van der Waals surface area (Å²) in [6.07, 6.45) is -4.10. The number of benzene rings is 1. The van der Waals surface area contributed by atoms with Crippen LogP contribution in [-0.4, -0.2) is 39.9 Å². The van der Waals surface area contributed by atoms with Crippen molar-refractivity contribution in [1.82, 2.24) is 15.0 Å². The Morgan fingerprint density at radius 3 is 2.47 bits per heavy atom. The molecule has 3 rings (SSSR count). The molecule has 0 aliphatic heterocycles. The van der Waals surface area contributed by atoms with Crippen molar-refractivity contribution in [3.05, 3.63) is 65.7 Å². The van der Waals surface area contributed by atoms with Crippen LogP contribution in [0.1, 0.15) is 35.8 Å². The molecule has 0 saturated heterocycles. The van der Waals surface area contributed by atoms with Crippen molar-refractivity contribution in [2.75, 3.05) is 19.0 Å². The molecule has 2 atom stereocenters. The number of pyridine rings is 1. The number of hydrogen-bond acceptors (Lipinski definition) is 6. The molecule has 1 unspecified atom stereocenters. The van der Waals surface area contributed by atoms with Gasteiger partial charge in [0.15, 0.2) is 6.10 Å². The van der Waals surface area contributed by atoms with Gasteiger partial charge < -0.3 is 15.2 Å². The minimum Gasteiger partial charge on any atom is -0.496 e. The highest BCUT2D eigenvalue weighted by molar-refractivity contribution is 7.59. The van der Waals surface area contributed by atoms with Gasteiger partial charge in [-0.05, 0) is 36.2 Å². The summed E-state index contributed by atoms with van der Waals surface area (Å²) < 4.78 is 43.7. The molecule has 2 N–H and O–H groups in total. The molecule has 0 amide bonds. The Bertz CT molecular complexity index is 1030. The number of aliphatic hydroxyl groups excluding tert-OH is 1. The molecule has 2 aromatic heterocycles. The largest absolute Gasteiger partial charge is 0.496 e. The number of rotatable bonds is 7. The molecule has 32 heavy (non-hydrogen) atoms. The molecule has 0 aliphatic carbocycles. The van der Waals surface area contributed by atoms with Crippen LogP contribution in [-0.2, 0) is 0 Å². The van der Waals surface area contributed by atoms with Gasteiger partial charge in [0.05, 0.1) is 12.8 Å². The van der Waals surface area contributed by atoms with Gasteiger partial charge in [0.2, 0.25) is 0 Å². The Kier molecular flexibility index (Phi) is 8.45. The lowest BCUT2D eigenvalue weighted by molar-refractivity contribution is -0.206. The zero-order valence-corrected chi connectivity index (χ0v) is 18.8. The van der Waals surface area contributed by atoms with E-state index in [4.69, 9.17) is 4.74 Å². The average molecular weight is 467 g/mol. The van der Waals surface area contributed by atoms with E-state index in [9.17, 15) is 18.3 Å². The second kappa shape index (κ2) is 10.6. The first-order valence-corrected chi connectivity index (χ1v) is 9.60. The second-order valence-corrected chi connectivity index (χ2v) is 7.20. The highest BCUT2D eigenvalue weighted by Gasteiger charge is 2.39. The summed E-state index contributed by atoms with van der Waals surface area (Å²) in [4.78, 5) is 12.8. The average Bonchev–Trinajstić information content (AvgIpc) is 2.76. The van der Waals surface area contributed by atoms with E-state index in [-0.39, 0.29) is 30.7 Å². The Hall–Kier alpha value is -2.85. The van der Waals surface area contributed by atoms with E-state index in [1.165, 1.54) is 25.6 Å². The Morgan fingerprint density at radius 1 is 1.09 bits per heavy atom. The van der Waals surface area contributed by atoms with Crippen molar-refractivity contribution in [3.8, 4) is 17.0 Å². The number of alkyl halides is 3. The Labute approximate surface area is 191 Å². The summed E-state index contributed by atoms with van der Waals surface area (Å²) in [5, 5.41) is 12.7. The topological polar surface area (TPSA) is 80.2 Å². The highest BCUT2D eigenvalue weighted by Crippen LogP contribution is 2.36. The molecule has 0 radical (unpaired) electrons. The van der Waals surface area contributed by atoms with E-state index >= 15 is 0 Å². The van der Waals surface area contributed by atoms with Crippen molar-refractivity contribution >= 4 is 19.3 Å². The van der Waals surface area contributed by atoms with Crippen molar-refractivity contribution in [3.63, 3.8) is 0 Å². The molecule has 2 heterocycles. The number of halogens is 3. The number of methoxy groups -OCH3 is 1. The summed E-state index contributed by atoms with van der Waals surface area (Å²) in [5.41, 5.74) is 2.95. The minimum absolute atomic E-state index is 0. The number of ether oxygens (including phenoxy) is 1. The smallest absolute Gasteiger partial charge is 0.418 e. The van der Waals surface area contributed by atoms with Crippen LogP contribution in [0.15, 0.2) is 48.9 Å². The lowest BCUT2D eigenvalue weighted by atomic mass is 9.96. The third-order valence-electron chi connectivity index (χ3n) is 4.88. The number of hydrogen-bond donors (Lipinski definition) is 2. The van der Waals surface area contributed by atoms with Gasteiger partial charge in [0.1, 0.15) is 17.9 Å². The van der Waals surface area contributed by atoms with E-state index in [2.05, 4.69) is 20.3 Å². The highest BCUT2D eigenvalue weighted by atomic mass is 32.1. The number of aryl methyl sites for hydroxylation is 1. The predicted molar refractivity (Wildman–Crippen MR) is 121 cm³/mol. The van der Waals surface area contributed by atoms with Crippen molar-refractivity contribution in [1.29, 1.82) is 0 Å². The fourth-order valence-corrected chi connectivity index (χ4v) is 3.09. The van der Waals surface area contributed by atoms with Crippen LogP contribution < -0.4 is 10.1 Å². The minimum atomic E-state index is -4.74. The van der Waals surface area contributed by atoms with Gasteiger partial charge in [-0.3, -0.25) is 4.98 Å². The zero-order chi connectivity index (χ0) is 22.6. The first-order chi connectivity index (χ1) is 14.7. The van der Waals surface area contributed by atoms with E-state index in [1.807, 2.05) is 26.0 Å². The molecular weight excluding hydrogens is 441 g/mol. The SMILES string of the molecule is COc1cc(C(O)C(F)(F)F)ccc1[C@H](C)CNc1cc(-c2ccc(C)nc2)ncn1.S. The van der Waals surface area contributed by atoms with E-state index in [0.29, 0.717) is 17.9 Å². The maximum atomic E-state index is 12.8. The first-order valence-electron chi connectivity index (χ1n) is 9.60. The second-order valence-electron chi connectivity index (χ2n) is 7.20. The zero-order valence-electron chi connectivity index (χ0n) is 17.8. The Balaban J connectivity index is 0.00000363. The number of nitrogens with zero attached hydrogens (tertiary/aromatic N) is 3. The molecule has 0 fully saturated rings. The third kappa shape index (κ3) is 6.10. The summed E-state index contributed by atoms with van der Waals surface area (Å²) in [6.45, 7) is 4.28. The maximum absolute atomic E-state index is 12.8. The van der Waals surface area contributed by atoms with Gasteiger partial charge in [-0.25, -0.2) is 9.97 Å². The molecule has 0 bridgehead atoms. The van der Waals surface area contributed by atoms with E-state index in [1.54, 1.807) is 18.3 Å². The van der Waals surface area contributed by atoms with Gasteiger partial charge in [0, 0.05) is 36.0 Å². The van der Waals surface area contributed by atoms with Crippen LogP contribution >= 0.6 is 13.5 Å². The number of aromatic nitrogens is 3. The van der Waals surface area contributed by atoms with Crippen molar-refractivity contribution in [2.24, 2.45) is 0 Å². The number of aliphatic hydroxyl groups is 1. The first kappa shape index (κ1) is 25.4. The molecule has 0 spiro atoms. The fraction of sp³-hybridized carbons (Fsp3) is 0.318. The van der Waals surface area contributed by atoms with E-state index in [0.717, 1.165) is 17.0 Å². The summed E-state index contributed by atoms with van der Waals surface area (Å²) in [6, 6.07) is 9.66. The van der Waals surface area contributed by atoms with Crippen molar-refractivity contribution < 1.29 is 23.0 Å². The molecule has 0 aliphatic rings. The summed E-state index contributed by atoms with van der Waals surface area (Å²) in [5.74, 6) is 0.788.